The standard InChI is InChI=1S/C21H20FN3O5S2/c1-27-15-6-5-11(7-13(15)22)14-10-32-21(23-14)25-20(31)24-19(26)12-8-16(28-2)18(30-4)17(9-12)29-3/h5-10H,1-4H3,(H2,23,24,25,26,31). The number of hydrogen-bond acceptors (Lipinski definition) is 8. The second kappa shape index (κ2) is 10.2. The number of ether oxygens (including phenoxy) is 4. The molecule has 0 saturated carbocycles. The van der Waals surface area contributed by atoms with Crippen molar-refractivity contribution >= 4 is 39.7 Å². The van der Waals surface area contributed by atoms with Crippen molar-refractivity contribution in [2.45, 2.75) is 0 Å². The Hall–Kier alpha value is -3.44. The largest absolute Gasteiger partial charge is 0.494 e. The number of carbonyl (C=O) groups is 1. The molecule has 0 aliphatic rings. The topological polar surface area (TPSA) is 90.9 Å². The summed E-state index contributed by atoms with van der Waals surface area (Å²) < 4.78 is 34.7. The van der Waals surface area contributed by atoms with Crippen LogP contribution in [0.3, 0.4) is 0 Å². The summed E-state index contributed by atoms with van der Waals surface area (Å²) in [4.78, 5) is 17.0. The third kappa shape index (κ3) is 5.06. The highest BCUT2D eigenvalue weighted by Gasteiger charge is 2.18. The molecule has 168 valence electrons. The number of nitrogens with zero attached hydrogens (tertiary/aromatic N) is 1. The van der Waals surface area contributed by atoms with Gasteiger partial charge in [-0.05, 0) is 42.5 Å². The molecule has 0 aliphatic carbocycles. The molecule has 0 unspecified atom stereocenters. The first-order valence-electron chi connectivity index (χ1n) is 9.12. The molecule has 2 aromatic carbocycles. The molecular formula is C21H20FN3O5S2. The summed E-state index contributed by atoms with van der Waals surface area (Å²) in [5, 5.41) is 7.66. The van der Waals surface area contributed by atoms with Crippen LogP contribution in [0.4, 0.5) is 9.52 Å². The third-order valence-corrected chi connectivity index (χ3v) is 5.29. The lowest BCUT2D eigenvalue weighted by Crippen LogP contribution is -2.34. The maximum Gasteiger partial charge on any atom is 0.257 e. The van der Waals surface area contributed by atoms with E-state index in [4.69, 9.17) is 31.2 Å². The number of benzene rings is 2. The molecule has 0 fully saturated rings. The molecule has 32 heavy (non-hydrogen) atoms. The van der Waals surface area contributed by atoms with E-state index in [1.807, 2.05) is 0 Å². The van der Waals surface area contributed by atoms with Crippen LogP contribution in [0, 0.1) is 5.82 Å². The van der Waals surface area contributed by atoms with E-state index >= 15 is 0 Å². The Morgan fingerprint density at radius 1 is 1.00 bits per heavy atom. The third-order valence-electron chi connectivity index (χ3n) is 4.33. The van der Waals surface area contributed by atoms with Crippen LogP contribution in [0.25, 0.3) is 11.3 Å². The van der Waals surface area contributed by atoms with Crippen molar-refractivity contribution in [2.24, 2.45) is 0 Å². The zero-order chi connectivity index (χ0) is 23.3. The number of anilines is 1. The van der Waals surface area contributed by atoms with E-state index in [9.17, 15) is 9.18 Å². The smallest absolute Gasteiger partial charge is 0.257 e. The number of amides is 1. The molecule has 0 spiro atoms. The Labute approximate surface area is 193 Å². The van der Waals surface area contributed by atoms with E-state index in [1.165, 1.54) is 64.0 Å². The van der Waals surface area contributed by atoms with Gasteiger partial charge < -0.3 is 24.3 Å². The van der Waals surface area contributed by atoms with Crippen LogP contribution < -0.4 is 29.6 Å². The van der Waals surface area contributed by atoms with E-state index < -0.39 is 11.7 Å². The molecule has 2 N–H and O–H groups in total. The zero-order valence-corrected chi connectivity index (χ0v) is 19.3. The number of halogens is 1. The Balaban J connectivity index is 1.70. The van der Waals surface area contributed by atoms with Gasteiger partial charge in [0.05, 0.1) is 34.1 Å². The van der Waals surface area contributed by atoms with Gasteiger partial charge in [-0.15, -0.1) is 11.3 Å². The average Bonchev–Trinajstić information content (AvgIpc) is 3.25. The minimum atomic E-state index is -0.486. The highest BCUT2D eigenvalue weighted by molar-refractivity contribution is 7.80. The molecule has 0 atom stereocenters. The fraction of sp³-hybridized carbons (Fsp3) is 0.190. The molecule has 0 bridgehead atoms. The predicted octanol–water partition coefficient (Wildman–Crippen LogP) is 4.11. The Morgan fingerprint density at radius 3 is 2.22 bits per heavy atom. The van der Waals surface area contributed by atoms with Crippen LogP contribution >= 0.6 is 23.6 Å². The highest BCUT2D eigenvalue weighted by atomic mass is 32.1. The molecule has 1 amide bonds. The van der Waals surface area contributed by atoms with E-state index in [2.05, 4.69) is 15.6 Å². The van der Waals surface area contributed by atoms with Crippen molar-refractivity contribution in [1.29, 1.82) is 0 Å². The van der Waals surface area contributed by atoms with Gasteiger partial charge in [-0.25, -0.2) is 9.37 Å². The van der Waals surface area contributed by atoms with Crippen molar-refractivity contribution in [3.8, 4) is 34.3 Å². The van der Waals surface area contributed by atoms with Crippen LogP contribution in [0.1, 0.15) is 10.4 Å². The molecular weight excluding hydrogens is 457 g/mol. The Morgan fingerprint density at radius 2 is 1.66 bits per heavy atom. The van der Waals surface area contributed by atoms with Gasteiger partial charge in [0.25, 0.3) is 5.91 Å². The number of hydrogen-bond donors (Lipinski definition) is 2. The zero-order valence-electron chi connectivity index (χ0n) is 17.6. The first-order chi connectivity index (χ1) is 15.4. The molecule has 3 rings (SSSR count). The van der Waals surface area contributed by atoms with Gasteiger partial charge in [-0.1, -0.05) is 0 Å². The average molecular weight is 478 g/mol. The van der Waals surface area contributed by atoms with Crippen LogP contribution in [0.5, 0.6) is 23.0 Å². The van der Waals surface area contributed by atoms with Crippen molar-refractivity contribution in [1.82, 2.24) is 10.3 Å². The summed E-state index contributed by atoms with van der Waals surface area (Å²) >= 11 is 6.48. The number of thiazole rings is 1. The van der Waals surface area contributed by atoms with Crippen LogP contribution in [-0.4, -0.2) is 44.4 Å². The lowest BCUT2D eigenvalue weighted by Gasteiger charge is -2.14. The van der Waals surface area contributed by atoms with Gasteiger partial charge >= 0.3 is 0 Å². The van der Waals surface area contributed by atoms with Crippen molar-refractivity contribution in [3.63, 3.8) is 0 Å². The van der Waals surface area contributed by atoms with E-state index in [0.29, 0.717) is 33.6 Å². The van der Waals surface area contributed by atoms with Gasteiger partial charge in [0.15, 0.2) is 33.3 Å². The maximum absolute atomic E-state index is 14.0. The first kappa shape index (κ1) is 23.2. The summed E-state index contributed by atoms with van der Waals surface area (Å²) in [5.74, 6) is 0.242. The molecule has 11 heteroatoms. The number of rotatable bonds is 7. The van der Waals surface area contributed by atoms with Crippen molar-refractivity contribution in [3.05, 3.63) is 47.1 Å². The lowest BCUT2D eigenvalue weighted by atomic mass is 10.1. The van der Waals surface area contributed by atoms with Crippen LogP contribution in [0.15, 0.2) is 35.7 Å². The van der Waals surface area contributed by atoms with Gasteiger partial charge in [0.2, 0.25) is 5.75 Å². The first-order valence-corrected chi connectivity index (χ1v) is 10.4. The highest BCUT2D eigenvalue weighted by Crippen LogP contribution is 2.38. The number of methoxy groups -OCH3 is 4. The Kier molecular flexibility index (Phi) is 7.44. The molecule has 0 saturated heterocycles. The fourth-order valence-electron chi connectivity index (χ4n) is 2.81. The molecule has 8 nitrogen and oxygen atoms in total. The summed E-state index contributed by atoms with van der Waals surface area (Å²) in [7, 11) is 5.79. The molecule has 1 aromatic heterocycles. The number of carbonyl (C=O) groups excluding carboxylic acids is 1. The fourth-order valence-corrected chi connectivity index (χ4v) is 3.78. The minimum Gasteiger partial charge on any atom is -0.494 e. The second-order valence-electron chi connectivity index (χ2n) is 6.21. The number of thiocarbonyl (C=S) groups is 1. The number of aromatic nitrogens is 1. The van der Waals surface area contributed by atoms with Crippen LogP contribution in [-0.2, 0) is 0 Å². The summed E-state index contributed by atoms with van der Waals surface area (Å²) in [6.45, 7) is 0. The van der Waals surface area contributed by atoms with E-state index in [1.54, 1.807) is 11.4 Å². The summed E-state index contributed by atoms with van der Waals surface area (Å²) in [6, 6.07) is 7.59. The second-order valence-corrected chi connectivity index (χ2v) is 7.48. The summed E-state index contributed by atoms with van der Waals surface area (Å²) in [5.41, 5.74) is 1.40. The van der Waals surface area contributed by atoms with E-state index in [-0.39, 0.29) is 16.4 Å². The number of nitrogens with one attached hydrogen (secondary N) is 2. The van der Waals surface area contributed by atoms with Gasteiger partial charge in [-0.3, -0.25) is 10.1 Å². The monoisotopic (exact) mass is 477 g/mol. The van der Waals surface area contributed by atoms with Crippen molar-refractivity contribution < 1.29 is 28.1 Å². The molecule has 1 heterocycles. The van der Waals surface area contributed by atoms with Crippen LogP contribution in [0.2, 0.25) is 0 Å². The molecule has 0 radical (unpaired) electrons. The van der Waals surface area contributed by atoms with Gasteiger partial charge in [-0.2, -0.15) is 0 Å². The molecule has 3 aromatic rings. The SMILES string of the molecule is COc1ccc(-c2csc(NC(=S)NC(=O)c3cc(OC)c(OC)c(OC)c3)n2)cc1F. The lowest BCUT2D eigenvalue weighted by molar-refractivity contribution is 0.0977. The quantitative estimate of drug-likeness (QED) is 0.492. The predicted molar refractivity (Wildman–Crippen MR) is 124 cm³/mol. The van der Waals surface area contributed by atoms with Gasteiger partial charge in [0, 0.05) is 16.5 Å². The van der Waals surface area contributed by atoms with Crippen molar-refractivity contribution in [2.75, 3.05) is 33.8 Å². The normalized spacial score (nSPS) is 10.3. The Bertz CT molecular complexity index is 1130. The maximum atomic E-state index is 14.0. The van der Waals surface area contributed by atoms with E-state index in [0.717, 1.165) is 0 Å². The van der Waals surface area contributed by atoms with Gasteiger partial charge in [0.1, 0.15) is 0 Å². The minimum absolute atomic E-state index is 0.0468. The molecule has 0 aliphatic heterocycles. The summed E-state index contributed by atoms with van der Waals surface area (Å²) in [6.07, 6.45) is 0.